The van der Waals surface area contributed by atoms with Gasteiger partial charge in [-0.1, -0.05) is 26.0 Å². The molecule has 1 aromatic carbocycles. The van der Waals surface area contributed by atoms with Crippen molar-refractivity contribution >= 4 is 0 Å². The number of benzene rings is 1. The van der Waals surface area contributed by atoms with Gasteiger partial charge in [-0.3, -0.25) is 4.90 Å². The second kappa shape index (κ2) is 6.40. The van der Waals surface area contributed by atoms with E-state index in [-0.39, 0.29) is 12.6 Å². The molecule has 1 aliphatic rings. The summed E-state index contributed by atoms with van der Waals surface area (Å²) in [4.78, 5) is 2.23. The van der Waals surface area contributed by atoms with Gasteiger partial charge in [0.1, 0.15) is 5.75 Å². The SMILES string of the molecule is CC(C)C(CO)N(C)Cc1ccc2c(c1)CCCO2. The van der Waals surface area contributed by atoms with Crippen molar-refractivity contribution in [3.63, 3.8) is 0 Å². The molecule has 2 rings (SSSR count). The molecule has 0 fully saturated rings. The lowest BCUT2D eigenvalue weighted by Crippen LogP contribution is -2.38. The number of aliphatic hydroxyl groups is 1. The summed E-state index contributed by atoms with van der Waals surface area (Å²) in [5.74, 6) is 1.50. The van der Waals surface area contributed by atoms with Gasteiger partial charge in [0, 0.05) is 12.6 Å². The molecule has 0 aromatic heterocycles. The Balaban J connectivity index is 2.06. The standard InChI is InChI=1S/C16H25NO2/c1-12(2)15(11-18)17(3)10-13-6-7-16-14(9-13)5-4-8-19-16/h6-7,9,12,15,18H,4-5,8,10-11H2,1-3H3. The predicted octanol–water partition coefficient (Wildman–Crippen LogP) is 2.46. The van der Waals surface area contributed by atoms with E-state index in [1.807, 2.05) is 0 Å². The zero-order valence-electron chi connectivity index (χ0n) is 12.2. The molecule has 1 heterocycles. The lowest BCUT2D eigenvalue weighted by atomic mass is 10.0. The highest BCUT2D eigenvalue weighted by Gasteiger charge is 2.18. The molecule has 0 amide bonds. The molecule has 19 heavy (non-hydrogen) atoms. The molecule has 1 atom stereocenters. The molecular formula is C16H25NO2. The van der Waals surface area contributed by atoms with Crippen LogP contribution in [0.1, 0.15) is 31.4 Å². The van der Waals surface area contributed by atoms with Crippen LogP contribution >= 0.6 is 0 Å². The van der Waals surface area contributed by atoms with Crippen LogP contribution in [0.4, 0.5) is 0 Å². The van der Waals surface area contributed by atoms with Crippen LogP contribution in [0.2, 0.25) is 0 Å². The molecule has 1 aromatic rings. The maximum Gasteiger partial charge on any atom is 0.122 e. The van der Waals surface area contributed by atoms with Gasteiger partial charge in [-0.2, -0.15) is 0 Å². The molecule has 3 nitrogen and oxygen atoms in total. The van der Waals surface area contributed by atoms with E-state index in [1.54, 1.807) is 0 Å². The zero-order chi connectivity index (χ0) is 13.8. The van der Waals surface area contributed by atoms with E-state index < -0.39 is 0 Å². The fourth-order valence-electron chi connectivity index (χ4n) is 2.78. The van der Waals surface area contributed by atoms with Gasteiger partial charge < -0.3 is 9.84 Å². The first-order valence-electron chi connectivity index (χ1n) is 7.17. The van der Waals surface area contributed by atoms with Gasteiger partial charge >= 0.3 is 0 Å². The van der Waals surface area contributed by atoms with Crippen LogP contribution in [-0.2, 0) is 13.0 Å². The third-order valence-electron chi connectivity index (χ3n) is 3.93. The minimum Gasteiger partial charge on any atom is -0.493 e. The molecule has 0 saturated carbocycles. The van der Waals surface area contributed by atoms with Gasteiger partial charge in [0.2, 0.25) is 0 Å². The number of nitrogens with zero attached hydrogens (tertiary/aromatic N) is 1. The molecule has 0 aliphatic carbocycles. The Morgan fingerprint density at radius 1 is 1.37 bits per heavy atom. The average molecular weight is 263 g/mol. The average Bonchev–Trinajstić information content (AvgIpc) is 2.39. The molecule has 3 heteroatoms. The Labute approximate surface area is 116 Å². The van der Waals surface area contributed by atoms with Crippen molar-refractivity contribution in [3.8, 4) is 5.75 Å². The fraction of sp³-hybridized carbons (Fsp3) is 0.625. The van der Waals surface area contributed by atoms with Gasteiger partial charge in [0.15, 0.2) is 0 Å². The maximum absolute atomic E-state index is 9.48. The van der Waals surface area contributed by atoms with Crippen molar-refractivity contribution in [2.24, 2.45) is 5.92 Å². The van der Waals surface area contributed by atoms with Crippen molar-refractivity contribution in [1.82, 2.24) is 4.90 Å². The monoisotopic (exact) mass is 263 g/mol. The maximum atomic E-state index is 9.48. The molecule has 1 unspecified atom stereocenters. The van der Waals surface area contributed by atoms with Gasteiger partial charge in [0.25, 0.3) is 0 Å². The number of rotatable bonds is 5. The Morgan fingerprint density at radius 2 is 2.16 bits per heavy atom. The quantitative estimate of drug-likeness (QED) is 0.886. The Morgan fingerprint density at radius 3 is 2.84 bits per heavy atom. The smallest absolute Gasteiger partial charge is 0.122 e. The van der Waals surface area contributed by atoms with Crippen LogP contribution in [0.5, 0.6) is 5.75 Å². The summed E-state index contributed by atoms with van der Waals surface area (Å²) in [5, 5.41) is 9.48. The molecule has 1 aliphatic heterocycles. The second-order valence-corrected chi connectivity index (χ2v) is 5.80. The highest BCUT2D eigenvalue weighted by molar-refractivity contribution is 5.38. The summed E-state index contributed by atoms with van der Waals surface area (Å²) in [6.07, 6.45) is 2.22. The van der Waals surface area contributed by atoms with E-state index in [1.165, 1.54) is 11.1 Å². The van der Waals surface area contributed by atoms with Crippen molar-refractivity contribution in [2.75, 3.05) is 20.3 Å². The summed E-state index contributed by atoms with van der Waals surface area (Å²) in [5.41, 5.74) is 2.62. The molecular weight excluding hydrogens is 238 g/mol. The first-order valence-corrected chi connectivity index (χ1v) is 7.17. The lowest BCUT2D eigenvalue weighted by molar-refractivity contribution is 0.108. The van der Waals surface area contributed by atoms with E-state index in [2.05, 4.69) is 44.0 Å². The van der Waals surface area contributed by atoms with Crippen LogP contribution in [-0.4, -0.2) is 36.3 Å². The summed E-state index contributed by atoms with van der Waals surface area (Å²) >= 11 is 0. The third kappa shape index (κ3) is 3.48. The normalized spacial score (nSPS) is 16.3. The highest BCUT2D eigenvalue weighted by atomic mass is 16.5. The van der Waals surface area contributed by atoms with E-state index in [0.717, 1.165) is 31.7 Å². The van der Waals surface area contributed by atoms with E-state index in [4.69, 9.17) is 4.74 Å². The van der Waals surface area contributed by atoms with Crippen LogP contribution < -0.4 is 4.74 Å². The number of fused-ring (bicyclic) bond motifs is 1. The van der Waals surface area contributed by atoms with Gasteiger partial charge in [-0.15, -0.1) is 0 Å². The number of aryl methyl sites for hydroxylation is 1. The number of likely N-dealkylation sites (N-methyl/N-ethyl adjacent to an activating group) is 1. The largest absolute Gasteiger partial charge is 0.493 e. The Hall–Kier alpha value is -1.06. The van der Waals surface area contributed by atoms with Crippen LogP contribution in [0, 0.1) is 5.92 Å². The van der Waals surface area contributed by atoms with Crippen LogP contribution in [0.15, 0.2) is 18.2 Å². The topological polar surface area (TPSA) is 32.7 Å². The zero-order valence-corrected chi connectivity index (χ0v) is 12.2. The van der Waals surface area contributed by atoms with Crippen LogP contribution in [0.3, 0.4) is 0 Å². The molecule has 0 saturated heterocycles. The predicted molar refractivity (Wildman–Crippen MR) is 77.4 cm³/mol. The van der Waals surface area contributed by atoms with E-state index >= 15 is 0 Å². The molecule has 0 bridgehead atoms. The second-order valence-electron chi connectivity index (χ2n) is 5.80. The number of aliphatic hydroxyl groups excluding tert-OH is 1. The van der Waals surface area contributed by atoms with Crippen molar-refractivity contribution in [1.29, 1.82) is 0 Å². The summed E-state index contributed by atoms with van der Waals surface area (Å²) in [6.45, 7) is 6.22. The Bertz CT molecular complexity index is 417. The van der Waals surface area contributed by atoms with Gasteiger partial charge in [0.05, 0.1) is 13.2 Å². The van der Waals surface area contributed by atoms with Gasteiger partial charge in [-0.05, 0) is 43.0 Å². The van der Waals surface area contributed by atoms with E-state index in [9.17, 15) is 5.11 Å². The Kier molecular flexibility index (Phi) is 4.83. The summed E-state index contributed by atoms with van der Waals surface area (Å²) in [7, 11) is 2.08. The van der Waals surface area contributed by atoms with Crippen molar-refractivity contribution in [3.05, 3.63) is 29.3 Å². The van der Waals surface area contributed by atoms with Gasteiger partial charge in [-0.25, -0.2) is 0 Å². The number of hydrogen-bond acceptors (Lipinski definition) is 3. The lowest BCUT2D eigenvalue weighted by Gasteiger charge is -2.30. The number of ether oxygens (including phenoxy) is 1. The fourth-order valence-corrected chi connectivity index (χ4v) is 2.78. The molecule has 0 spiro atoms. The van der Waals surface area contributed by atoms with Crippen molar-refractivity contribution < 1.29 is 9.84 Å². The molecule has 0 radical (unpaired) electrons. The summed E-state index contributed by atoms with van der Waals surface area (Å²) < 4.78 is 5.64. The first-order chi connectivity index (χ1) is 9.11. The highest BCUT2D eigenvalue weighted by Crippen LogP contribution is 2.26. The number of hydrogen-bond donors (Lipinski definition) is 1. The minimum absolute atomic E-state index is 0.211. The first kappa shape index (κ1) is 14.4. The van der Waals surface area contributed by atoms with Crippen molar-refractivity contribution in [2.45, 2.75) is 39.3 Å². The third-order valence-corrected chi connectivity index (χ3v) is 3.93. The minimum atomic E-state index is 0.211. The molecule has 1 N–H and O–H groups in total. The summed E-state index contributed by atoms with van der Waals surface area (Å²) in [6, 6.07) is 6.68. The van der Waals surface area contributed by atoms with E-state index in [0.29, 0.717) is 5.92 Å². The van der Waals surface area contributed by atoms with Crippen LogP contribution in [0.25, 0.3) is 0 Å². The molecule has 106 valence electrons.